The average Bonchev–Trinajstić information content (AvgIpc) is 3.36. The van der Waals surface area contributed by atoms with E-state index in [4.69, 9.17) is 0 Å². The van der Waals surface area contributed by atoms with Crippen molar-refractivity contribution in [1.29, 1.82) is 0 Å². The highest BCUT2D eigenvalue weighted by atomic mass is 32.2. The van der Waals surface area contributed by atoms with Gasteiger partial charge in [0.1, 0.15) is 4.90 Å². The summed E-state index contributed by atoms with van der Waals surface area (Å²) in [5.41, 5.74) is 0.383. The van der Waals surface area contributed by atoms with Crippen LogP contribution >= 0.6 is 0 Å². The van der Waals surface area contributed by atoms with Gasteiger partial charge in [0.25, 0.3) is 0 Å². The van der Waals surface area contributed by atoms with Gasteiger partial charge in [-0.3, -0.25) is 9.19 Å². The van der Waals surface area contributed by atoms with Gasteiger partial charge < -0.3 is 0 Å². The number of hydrogen-bond acceptors (Lipinski definition) is 4. The third-order valence-electron chi connectivity index (χ3n) is 6.27. The van der Waals surface area contributed by atoms with Gasteiger partial charge in [-0.2, -0.15) is 18.3 Å². The summed E-state index contributed by atoms with van der Waals surface area (Å²) in [4.78, 5) is 4.18. The second kappa shape index (κ2) is 7.61. The second-order valence-corrected chi connectivity index (χ2v) is 9.89. The third-order valence-corrected chi connectivity index (χ3v) is 7.63. The lowest BCUT2D eigenvalue weighted by Crippen LogP contribution is -2.35. The molecule has 33 heavy (non-hydrogen) atoms. The molecule has 4 heterocycles. The van der Waals surface area contributed by atoms with Crippen LogP contribution in [0, 0.1) is 27.7 Å². The molecule has 0 fully saturated rings. The van der Waals surface area contributed by atoms with Crippen LogP contribution in [0.15, 0.2) is 23.4 Å². The molecule has 4 rings (SSSR count). The van der Waals surface area contributed by atoms with Gasteiger partial charge in [-0.1, -0.05) is 6.92 Å². The van der Waals surface area contributed by atoms with Gasteiger partial charge in [-0.05, 0) is 57.4 Å². The molecule has 0 bridgehead atoms. The van der Waals surface area contributed by atoms with Crippen LogP contribution in [0.2, 0.25) is 0 Å². The van der Waals surface area contributed by atoms with E-state index in [1.807, 2.05) is 27.7 Å². The number of rotatable bonds is 4. The predicted octanol–water partition coefficient (Wildman–Crippen LogP) is 5.18. The van der Waals surface area contributed by atoms with Gasteiger partial charge >= 0.3 is 6.18 Å². The number of hydrogen-bond donors (Lipinski definition) is 0. The van der Waals surface area contributed by atoms with Crippen molar-refractivity contribution in [2.24, 2.45) is 0 Å². The number of halogens is 4. The van der Waals surface area contributed by atoms with Crippen LogP contribution in [-0.2, 0) is 16.5 Å². The quantitative estimate of drug-likeness (QED) is 0.377. The molecular formula is C22H23F4N5OS. The first-order valence-corrected chi connectivity index (χ1v) is 11.6. The summed E-state index contributed by atoms with van der Waals surface area (Å²) in [6.45, 7) is 10.1. The minimum atomic E-state index is -5.12. The van der Waals surface area contributed by atoms with Crippen molar-refractivity contribution < 1.29 is 21.8 Å². The lowest BCUT2D eigenvalue weighted by atomic mass is 10.0. The largest absolute Gasteiger partial charge is 0.428 e. The minimum Gasteiger partial charge on any atom is -0.257 e. The molecule has 2 unspecified atom stereocenters. The zero-order valence-electron chi connectivity index (χ0n) is 19.0. The molecule has 176 valence electrons. The predicted molar refractivity (Wildman–Crippen MR) is 118 cm³/mol. The van der Waals surface area contributed by atoms with Crippen molar-refractivity contribution >= 4 is 27.2 Å². The molecule has 0 saturated carbocycles. The van der Waals surface area contributed by atoms with Crippen LogP contribution in [0.5, 0.6) is 0 Å². The Bertz CT molecular complexity index is 1430. The van der Waals surface area contributed by atoms with Crippen molar-refractivity contribution in [2.45, 2.75) is 58.3 Å². The van der Waals surface area contributed by atoms with Crippen LogP contribution in [0.25, 0.3) is 22.2 Å². The maximum absolute atomic E-state index is 14.4. The zero-order valence-corrected chi connectivity index (χ0v) is 19.8. The second-order valence-electron chi connectivity index (χ2n) is 8.21. The van der Waals surface area contributed by atoms with Crippen molar-refractivity contribution in [2.75, 3.05) is 5.75 Å². The molecule has 0 aromatic carbocycles. The van der Waals surface area contributed by atoms with Gasteiger partial charge in [0.15, 0.2) is 5.82 Å². The Balaban J connectivity index is 1.99. The van der Waals surface area contributed by atoms with Crippen LogP contribution in [0.1, 0.15) is 41.9 Å². The smallest absolute Gasteiger partial charge is 0.257 e. The van der Waals surface area contributed by atoms with Crippen LogP contribution in [-0.4, -0.2) is 40.5 Å². The number of pyridine rings is 2. The Morgan fingerprint density at radius 2 is 1.70 bits per heavy atom. The lowest BCUT2D eigenvalue weighted by molar-refractivity contribution is -0.230. The van der Waals surface area contributed by atoms with Crippen LogP contribution in [0.3, 0.4) is 0 Å². The molecule has 0 spiro atoms. The zero-order chi connectivity index (χ0) is 24.5. The van der Waals surface area contributed by atoms with Gasteiger partial charge in [0.2, 0.25) is 5.67 Å². The first-order valence-electron chi connectivity index (χ1n) is 10.3. The van der Waals surface area contributed by atoms with E-state index < -0.39 is 28.3 Å². The first kappa shape index (κ1) is 23.3. The van der Waals surface area contributed by atoms with E-state index in [1.165, 1.54) is 10.9 Å². The molecule has 0 aliphatic rings. The van der Waals surface area contributed by atoms with Gasteiger partial charge in [-0.25, -0.2) is 13.6 Å². The van der Waals surface area contributed by atoms with E-state index >= 15 is 0 Å². The fourth-order valence-corrected chi connectivity index (χ4v) is 4.87. The Morgan fingerprint density at radius 3 is 2.30 bits per heavy atom. The fraction of sp³-hybridized carbons (Fsp3) is 0.409. The molecule has 11 heteroatoms. The van der Waals surface area contributed by atoms with E-state index in [1.54, 1.807) is 11.4 Å². The highest BCUT2D eigenvalue weighted by molar-refractivity contribution is 7.85. The highest BCUT2D eigenvalue weighted by Gasteiger charge is 2.54. The van der Waals surface area contributed by atoms with E-state index in [0.29, 0.717) is 28.8 Å². The molecule has 4 aromatic rings. The summed E-state index contributed by atoms with van der Waals surface area (Å²) in [5.74, 6) is 0.654. The summed E-state index contributed by atoms with van der Waals surface area (Å²) in [6, 6.07) is 0.983. The van der Waals surface area contributed by atoms with Gasteiger partial charge in [-0.15, -0.1) is 5.10 Å². The fourth-order valence-electron chi connectivity index (χ4n) is 3.79. The number of nitrogens with zero attached hydrogens (tertiary/aromatic N) is 5. The summed E-state index contributed by atoms with van der Waals surface area (Å²) < 4.78 is 70.0. The maximum Gasteiger partial charge on any atom is 0.428 e. The van der Waals surface area contributed by atoms with E-state index in [-0.39, 0.29) is 5.52 Å². The summed E-state index contributed by atoms with van der Waals surface area (Å²) in [5, 5.41) is 9.42. The summed E-state index contributed by atoms with van der Waals surface area (Å²) >= 11 is 0. The SMILES string of the molecule is CCS(=O)c1c(-n2cc3cnc(C(C)(F)C(F)(F)F)cc3n2)nn2c(C)c(C)c(C)c(C)c12. The monoisotopic (exact) mass is 481 g/mol. The molecule has 2 atom stereocenters. The van der Waals surface area contributed by atoms with E-state index in [9.17, 15) is 21.8 Å². The highest BCUT2D eigenvalue weighted by Crippen LogP contribution is 2.41. The molecule has 0 saturated heterocycles. The standard InChI is InChI=1S/C22H23F4N5OS/c1-7-33(32)19-18-13(4)11(2)12(3)14(5)31(18)29-20(19)30-10-15-9-27-17(8-16(15)28-30)21(6,23)22(24,25)26/h8-10H,7H2,1-6H3. The first-order chi connectivity index (χ1) is 15.3. The minimum absolute atomic E-state index is 0.124. The Hall–Kier alpha value is -2.82. The molecule has 0 N–H and O–H groups in total. The number of aryl methyl sites for hydroxylation is 2. The topological polar surface area (TPSA) is 65.1 Å². The normalized spacial score (nSPS) is 15.3. The summed E-state index contributed by atoms with van der Waals surface area (Å²) in [7, 11) is -1.40. The molecule has 0 radical (unpaired) electrons. The lowest BCUT2D eigenvalue weighted by Gasteiger charge is -2.22. The Labute approximate surface area is 190 Å². The van der Waals surface area contributed by atoms with E-state index in [2.05, 4.69) is 15.2 Å². The number of alkyl halides is 4. The van der Waals surface area contributed by atoms with Crippen molar-refractivity contribution in [1.82, 2.24) is 24.4 Å². The molecule has 0 aliphatic carbocycles. The van der Waals surface area contributed by atoms with E-state index in [0.717, 1.165) is 40.2 Å². The average molecular weight is 482 g/mol. The van der Waals surface area contributed by atoms with Crippen LogP contribution in [0.4, 0.5) is 17.6 Å². The Kier molecular flexibility index (Phi) is 5.38. The number of fused-ring (bicyclic) bond motifs is 2. The maximum atomic E-state index is 14.4. The Morgan fingerprint density at radius 1 is 1.03 bits per heavy atom. The third kappa shape index (κ3) is 3.44. The molecule has 6 nitrogen and oxygen atoms in total. The summed E-state index contributed by atoms with van der Waals surface area (Å²) in [6.07, 6.45) is -2.43. The molecular weight excluding hydrogens is 458 g/mol. The van der Waals surface area contributed by atoms with Crippen molar-refractivity contribution in [3.05, 3.63) is 46.5 Å². The number of aromatic nitrogens is 5. The molecule has 0 amide bonds. The van der Waals surface area contributed by atoms with Crippen molar-refractivity contribution in [3.63, 3.8) is 0 Å². The van der Waals surface area contributed by atoms with Crippen LogP contribution < -0.4 is 0 Å². The molecule has 0 aliphatic heterocycles. The van der Waals surface area contributed by atoms with Gasteiger partial charge in [0.05, 0.1) is 27.5 Å². The molecule has 4 aromatic heterocycles. The van der Waals surface area contributed by atoms with Gasteiger partial charge in [0, 0.05) is 29.2 Å². The van der Waals surface area contributed by atoms with Crippen molar-refractivity contribution in [3.8, 4) is 5.82 Å².